The fourth-order valence-electron chi connectivity index (χ4n) is 6.01. The number of carbonyl (C=O) groups is 2. The SMILES string of the molecule is CN(CCc1ccccn1)C[C@H]1C[C@@H](c2ccc(CO)cc2)O[C@@H](c2ccc(-c3ccccc3CNC(=O)CCCCC(=O)NO)cc2)O1. The molecule has 2 amide bonds. The van der Waals surface area contributed by atoms with Crippen LogP contribution in [0.3, 0.4) is 0 Å². The lowest BCUT2D eigenvalue weighted by molar-refractivity contribution is -0.252. The number of rotatable bonds is 16. The summed E-state index contributed by atoms with van der Waals surface area (Å²) in [5.41, 5.74) is 8.53. The van der Waals surface area contributed by atoms with E-state index >= 15 is 0 Å². The van der Waals surface area contributed by atoms with Gasteiger partial charge in [-0.3, -0.25) is 19.8 Å². The number of hydroxylamine groups is 1. The van der Waals surface area contributed by atoms with Gasteiger partial charge in [0.1, 0.15) is 0 Å². The van der Waals surface area contributed by atoms with E-state index in [-0.39, 0.29) is 31.1 Å². The smallest absolute Gasteiger partial charge is 0.243 e. The largest absolute Gasteiger partial charge is 0.392 e. The molecule has 1 fully saturated rings. The molecule has 49 heavy (non-hydrogen) atoms. The number of carbonyl (C=O) groups excluding carboxylic acids is 2. The van der Waals surface area contributed by atoms with Crippen molar-refractivity contribution in [3.8, 4) is 11.1 Å². The Bertz CT molecular complexity index is 1620. The zero-order chi connectivity index (χ0) is 34.4. The molecule has 0 radical (unpaired) electrons. The normalized spacial score (nSPS) is 17.5. The van der Waals surface area contributed by atoms with E-state index in [0.717, 1.165) is 58.6 Å². The van der Waals surface area contributed by atoms with Gasteiger partial charge in [-0.2, -0.15) is 0 Å². The third kappa shape index (κ3) is 10.8. The minimum absolute atomic E-state index is 0.00350. The summed E-state index contributed by atoms with van der Waals surface area (Å²) in [6, 6.07) is 30.1. The van der Waals surface area contributed by atoms with Gasteiger partial charge in [0.05, 0.1) is 18.8 Å². The quantitative estimate of drug-likeness (QED) is 0.0686. The molecule has 258 valence electrons. The van der Waals surface area contributed by atoms with Gasteiger partial charge in [0.2, 0.25) is 11.8 Å². The van der Waals surface area contributed by atoms with E-state index in [4.69, 9.17) is 14.7 Å². The third-order valence-electron chi connectivity index (χ3n) is 8.78. The van der Waals surface area contributed by atoms with Crippen molar-refractivity contribution < 1.29 is 29.4 Å². The van der Waals surface area contributed by atoms with Crippen molar-refractivity contribution >= 4 is 11.8 Å². The first-order valence-corrected chi connectivity index (χ1v) is 16.9. The van der Waals surface area contributed by atoms with Gasteiger partial charge in [-0.25, -0.2) is 5.48 Å². The Hall–Kier alpha value is -4.45. The van der Waals surface area contributed by atoms with E-state index in [0.29, 0.717) is 32.2 Å². The molecular weight excluding hydrogens is 620 g/mol. The van der Waals surface area contributed by atoms with Crippen LogP contribution in [-0.4, -0.2) is 58.3 Å². The molecule has 10 nitrogen and oxygen atoms in total. The maximum atomic E-state index is 12.4. The molecule has 1 saturated heterocycles. The van der Waals surface area contributed by atoms with E-state index in [1.165, 1.54) is 0 Å². The summed E-state index contributed by atoms with van der Waals surface area (Å²) >= 11 is 0. The van der Waals surface area contributed by atoms with Crippen LogP contribution in [-0.2, 0) is 38.6 Å². The van der Waals surface area contributed by atoms with Gasteiger partial charge in [0.25, 0.3) is 0 Å². The van der Waals surface area contributed by atoms with Crippen molar-refractivity contribution in [2.45, 2.75) is 70.2 Å². The Morgan fingerprint density at radius 3 is 2.31 bits per heavy atom. The number of amides is 2. The van der Waals surface area contributed by atoms with E-state index < -0.39 is 12.2 Å². The molecule has 1 aromatic heterocycles. The number of ether oxygens (including phenoxy) is 2. The van der Waals surface area contributed by atoms with Gasteiger partial charge in [-0.1, -0.05) is 78.9 Å². The number of benzene rings is 3. The molecule has 0 aliphatic carbocycles. The highest BCUT2D eigenvalue weighted by molar-refractivity contribution is 5.77. The van der Waals surface area contributed by atoms with E-state index in [1.807, 2.05) is 85.1 Å². The second-order valence-corrected chi connectivity index (χ2v) is 12.5. The summed E-state index contributed by atoms with van der Waals surface area (Å²) in [6.45, 7) is 1.98. The van der Waals surface area contributed by atoms with Gasteiger partial charge in [-0.05, 0) is 59.8 Å². The second-order valence-electron chi connectivity index (χ2n) is 12.5. The van der Waals surface area contributed by atoms with Crippen LogP contribution in [0.25, 0.3) is 11.1 Å². The maximum absolute atomic E-state index is 12.4. The Labute approximate surface area is 288 Å². The zero-order valence-corrected chi connectivity index (χ0v) is 28.0. The number of nitrogens with zero attached hydrogens (tertiary/aromatic N) is 2. The summed E-state index contributed by atoms with van der Waals surface area (Å²) in [7, 11) is 2.11. The standard InChI is InChI=1S/C39H46N4O6/c1-43(23-21-33-9-6-7-22-40-33)26-34-24-36(30-15-13-28(27-44)14-16-30)49-39(48-34)31-19-17-29(18-20-31)35-10-3-2-8-32(35)25-41-37(45)11-4-5-12-38(46)42-47/h2-3,6-10,13-20,22,34,36,39,44,47H,4-5,11-12,21,23-27H2,1H3,(H,41,45)(H,42,46)/t34-,36+,39+/m1/s1. The number of aromatic nitrogens is 1. The van der Waals surface area contributed by atoms with Gasteiger partial charge >= 0.3 is 0 Å². The van der Waals surface area contributed by atoms with Gasteiger partial charge in [-0.15, -0.1) is 0 Å². The topological polar surface area (TPSA) is 133 Å². The number of hydrogen-bond acceptors (Lipinski definition) is 8. The highest BCUT2D eigenvalue weighted by Crippen LogP contribution is 2.38. The van der Waals surface area contributed by atoms with Gasteiger partial charge in [0, 0.05) is 62.8 Å². The van der Waals surface area contributed by atoms with Crippen LogP contribution in [0.4, 0.5) is 0 Å². The second kappa shape index (κ2) is 18.4. The highest BCUT2D eigenvalue weighted by Gasteiger charge is 2.32. The molecule has 0 saturated carbocycles. The molecule has 10 heteroatoms. The molecule has 4 aromatic rings. The van der Waals surface area contributed by atoms with Crippen LogP contribution >= 0.6 is 0 Å². The Balaban J connectivity index is 1.24. The number of aliphatic hydroxyl groups is 1. The molecule has 1 aliphatic rings. The van der Waals surface area contributed by atoms with Crippen LogP contribution in [0.5, 0.6) is 0 Å². The maximum Gasteiger partial charge on any atom is 0.243 e. The molecule has 3 atom stereocenters. The molecule has 2 heterocycles. The van der Waals surface area contributed by atoms with Crippen molar-refractivity contribution in [3.63, 3.8) is 0 Å². The predicted octanol–water partition coefficient (Wildman–Crippen LogP) is 5.64. The van der Waals surface area contributed by atoms with Crippen LogP contribution in [0, 0.1) is 0 Å². The number of unbranched alkanes of at least 4 members (excludes halogenated alkanes) is 1. The monoisotopic (exact) mass is 666 g/mol. The number of nitrogens with one attached hydrogen (secondary N) is 2. The predicted molar refractivity (Wildman–Crippen MR) is 186 cm³/mol. The third-order valence-corrected chi connectivity index (χ3v) is 8.78. The number of likely N-dealkylation sites (N-methyl/N-ethyl adjacent to an activating group) is 1. The molecule has 0 bridgehead atoms. The minimum atomic E-state index is -0.558. The first kappa shape index (κ1) is 35.8. The van der Waals surface area contributed by atoms with Crippen molar-refractivity contribution in [2.75, 3.05) is 20.1 Å². The molecule has 4 N–H and O–H groups in total. The van der Waals surface area contributed by atoms with E-state index in [9.17, 15) is 14.7 Å². The van der Waals surface area contributed by atoms with Crippen molar-refractivity contribution in [3.05, 3.63) is 125 Å². The first-order valence-electron chi connectivity index (χ1n) is 16.9. The molecule has 3 aromatic carbocycles. The van der Waals surface area contributed by atoms with Gasteiger partial charge in [0.15, 0.2) is 6.29 Å². The molecule has 0 spiro atoms. The fraction of sp³-hybridized carbons (Fsp3) is 0.359. The average molecular weight is 667 g/mol. The number of pyridine rings is 1. The Morgan fingerprint density at radius 2 is 1.59 bits per heavy atom. The van der Waals surface area contributed by atoms with Crippen LogP contribution in [0.1, 0.15) is 72.4 Å². The lowest BCUT2D eigenvalue weighted by atomic mass is 9.97. The molecular formula is C39H46N4O6. The number of aliphatic hydroxyl groups excluding tert-OH is 1. The highest BCUT2D eigenvalue weighted by atomic mass is 16.7. The fourth-order valence-corrected chi connectivity index (χ4v) is 6.01. The lowest BCUT2D eigenvalue weighted by Gasteiger charge is -2.38. The van der Waals surface area contributed by atoms with Crippen molar-refractivity contribution in [1.82, 2.24) is 20.7 Å². The zero-order valence-electron chi connectivity index (χ0n) is 28.0. The van der Waals surface area contributed by atoms with Crippen LogP contribution in [0.2, 0.25) is 0 Å². The first-order chi connectivity index (χ1) is 23.9. The molecule has 0 unspecified atom stereocenters. The van der Waals surface area contributed by atoms with Gasteiger partial charge < -0.3 is 24.8 Å². The van der Waals surface area contributed by atoms with Crippen molar-refractivity contribution in [1.29, 1.82) is 0 Å². The Kier molecular flexibility index (Phi) is 13.4. The molecule has 5 rings (SSSR count). The lowest BCUT2D eigenvalue weighted by Crippen LogP contribution is -2.38. The summed E-state index contributed by atoms with van der Waals surface area (Å²) in [6.07, 6.45) is 4.17. The van der Waals surface area contributed by atoms with E-state index in [1.54, 1.807) is 5.48 Å². The van der Waals surface area contributed by atoms with E-state index in [2.05, 4.69) is 34.4 Å². The number of hydrogen-bond donors (Lipinski definition) is 4. The summed E-state index contributed by atoms with van der Waals surface area (Å²) in [5.74, 6) is -0.533. The van der Waals surface area contributed by atoms with Crippen LogP contribution < -0.4 is 10.8 Å². The average Bonchev–Trinajstić information content (AvgIpc) is 3.15. The summed E-state index contributed by atoms with van der Waals surface area (Å²) < 4.78 is 13.2. The minimum Gasteiger partial charge on any atom is -0.392 e. The van der Waals surface area contributed by atoms with Crippen molar-refractivity contribution in [2.24, 2.45) is 0 Å². The Morgan fingerprint density at radius 1 is 0.878 bits per heavy atom. The van der Waals surface area contributed by atoms with Crippen LogP contribution in [0.15, 0.2) is 97.2 Å². The molecule has 1 aliphatic heterocycles. The summed E-state index contributed by atoms with van der Waals surface area (Å²) in [4.78, 5) is 30.4. The summed E-state index contributed by atoms with van der Waals surface area (Å²) in [5, 5.41) is 21.1.